The molecule has 0 aliphatic heterocycles. The lowest BCUT2D eigenvalue weighted by Gasteiger charge is -2.21. The Morgan fingerprint density at radius 2 is 2.00 bits per heavy atom. The minimum Gasteiger partial charge on any atom is -0.370 e. The minimum absolute atomic E-state index is 0.652. The van der Waals surface area contributed by atoms with Crippen molar-refractivity contribution in [2.75, 3.05) is 23.5 Å². The number of nitrogens with two attached hydrogens (primary N) is 1. The van der Waals surface area contributed by atoms with Crippen LogP contribution in [0.15, 0.2) is 11.2 Å². The van der Waals surface area contributed by atoms with E-state index in [0.29, 0.717) is 5.82 Å². The highest BCUT2D eigenvalue weighted by molar-refractivity contribution is 7.98. The topological polar surface area (TPSA) is 75.9 Å². The van der Waals surface area contributed by atoms with Crippen molar-refractivity contribution in [2.45, 2.75) is 43.7 Å². The Morgan fingerprint density at radius 3 is 2.68 bits per heavy atom. The number of hydrazine groups is 1. The summed E-state index contributed by atoms with van der Waals surface area (Å²) in [6.07, 6.45) is 10.2. The van der Waals surface area contributed by atoms with E-state index in [9.17, 15) is 0 Å². The number of rotatable bonds is 6. The molecule has 0 amide bonds. The Hall–Kier alpha value is -1.01. The highest BCUT2D eigenvalue weighted by Crippen LogP contribution is 2.26. The van der Waals surface area contributed by atoms with Gasteiger partial charge in [-0.1, -0.05) is 43.9 Å². The van der Waals surface area contributed by atoms with E-state index in [2.05, 4.69) is 20.7 Å². The van der Waals surface area contributed by atoms with E-state index in [0.717, 1.165) is 23.4 Å². The molecule has 1 saturated carbocycles. The SMILES string of the molecule is CSc1nc(NN)cc(NCCC2CCCCC2)n1. The normalized spacial score (nSPS) is 16.3. The lowest BCUT2D eigenvalue weighted by Crippen LogP contribution is -2.14. The van der Waals surface area contributed by atoms with Gasteiger partial charge in [-0.25, -0.2) is 15.8 Å². The highest BCUT2D eigenvalue weighted by Gasteiger charge is 2.12. The van der Waals surface area contributed by atoms with Crippen LogP contribution >= 0.6 is 11.8 Å². The van der Waals surface area contributed by atoms with Crippen LogP contribution < -0.4 is 16.6 Å². The van der Waals surface area contributed by atoms with Crippen molar-refractivity contribution >= 4 is 23.4 Å². The molecule has 5 nitrogen and oxygen atoms in total. The maximum absolute atomic E-state index is 5.41. The molecule has 1 heterocycles. The maximum Gasteiger partial charge on any atom is 0.191 e. The lowest BCUT2D eigenvalue weighted by atomic mass is 9.87. The molecule has 0 atom stereocenters. The number of aromatic nitrogens is 2. The zero-order valence-corrected chi connectivity index (χ0v) is 12.3. The van der Waals surface area contributed by atoms with Crippen molar-refractivity contribution in [3.63, 3.8) is 0 Å². The van der Waals surface area contributed by atoms with Crippen LogP contribution in [0.1, 0.15) is 38.5 Å². The Bertz CT molecular complexity index is 370. The second kappa shape index (κ2) is 7.55. The van der Waals surface area contributed by atoms with Gasteiger partial charge in [0.25, 0.3) is 0 Å². The fourth-order valence-corrected chi connectivity index (χ4v) is 2.94. The number of thioether (sulfide) groups is 1. The third-order valence-electron chi connectivity index (χ3n) is 3.62. The first-order chi connectivity index (χ1) is 9.31. The maximum atomic E-state index is 5.41. The second-order valence-electron chi connectivity index (χ2n) is 4.99. The van der Waals surface area contributed by atoms with Crippen LogP contribution in [0.2, 0.25) is 0 Å². The summed E-state index contributed by atoms with van der Waals surface area (Å²) in [7, 11) is 0. The largest absolute Gasteiger partial charge is 0.370 e. The predicted molar refractivity (Wildman–Crippen MR) is 81.3 cm³/mol. The Balaban J connectivity index is 1.84. The molecule has 2 rings (SSSR count). The first-order valence-corrected chi connectivity index (χ1v) is 8.18. The van der Waals surface area contributed by atoms with Crippen LogP contribution in [0, 0.1) is 5.92 Å². The van der Waals surface area contributed by atoms with Crippen molar-refractivity contribution in [3.05, 3.63) is 6.07 Å². The molecule has 0 radical (unpaired) electrons. The average molecular weight is 281 g/mol. The third-order valence-corrected chi connectivity index (χ3v) is 4.17. The Kier molecular flexibility index (Phi) is 5.72. The molecular formula is C13H23N5S. The Morgan fingerprint density at radius 1 is 1.26 bits per heavy atom. The zero-order valence-electron chi connectivity index (χ0n) is 11.5. The molecule has 19 heavy (non-hydrogen) atoms. The van der Waals surface area contributed by atoms with Crippen molar-refractivity contribution in [3.8, 4) is 0 Å². The summed E-state index contributed by atoms with van der Waals surface area (Å²) >= 11 is 1.52. The van der Waals surface area contributed by atoms with E-state index in [4.69, 9.17) is 5.84 Å². The van der Waals surface area contributed by atoms with E-state index in [1.807, 2.05) is 12.3 Å². The summed E-state index contributed by atoms with van der Waals surface area (Å²) in [6, 6.07) is 1.85. The molecule has 1 aliphatic rings. The summed E-state index contributed by atoms with van der Waals surface area (Å²) in [5, 5.41) is 4.11. The van der Waals surface area contributed by atoms with E-state index >= 15 is 0 Å². The molecule has 1 aromatic heterocycles. The van der Waals surface area contributed by atoms with Gasteiger partial charge in [-0.3, -0.25) is 0 Å². The van der Waals surface area contributed by atoms with Crippen LogP contribution in [0.5, 0.6) is 0 Å². The fraction of sp³-hybridized carbons (Fsp3) is 0.692. The number of nitrogens with zero attached hydrogens (tertiary/aromatic N) is 2. The molecule has 1 aromatic rings. The molecule has 0 unspecified atom stereocenters. The summed E-state index contributed by atoms with van der Waals surface area (Å²) in [4.78, 5) is 8.67. The van der Waals surface area contributed by atoms with E-state index in [-0.39, 0.29) is 0 Å². The van der Waals surface area contributed by atoms with Gasteiger partial charge in [0.2, 0.25) is 0 Å². The molecule has 0 spiro atoms. The highest BCUT2D eigenvalue weighted by atomic mass is 32.2. The van der Waals surface area contributed by atoms with Gasteiger partial charge in [-0.15, -0.1) is 0 Å². The summed E-state index contributed by atoms with van der Waals surface area (Å²) in [5.41, 5.74) is 2.58. The predicted octanol–water partition coefficient (Wildman–Crippen LogP) is 2.87. The standard InChI is InChI=1S/C13H23N5S/c1-19-13-16-11(9-12(17-13)18-14)15-8-7-10-5-3-2-4-6-10/h9-10H,2-8,14H2,1H3,(H2,15,16,17,18). The molecule has 6 heteroatoms. The zero-order chi connectivity index (χ0) is 13.5. The minimum atomic E-state index is 0.652. The van der Waals surface area contributed by atoms with Crippen molar-refractivity contribution in [1.29, 1.82) is 0 Å². The summed E-state index contributed by atoms with van der Waals surface area (Å²) < 4.78 is 0. The van der Waals surface area contributed by atoms with Gasteiger partial charge in [0.15, 0.2) is 5.16 Å². The van der Waals surface area contributed by atoms with E-state index < -0.39 is 0 Å². The smallest absolute Gasteiger partial charge is 0.191 e. The second-order valence-corrected chi connectivity index (χ2v) is 5.76. The van der Waals surface area contributed by atoms with Crippen molar-refractivity contribution < 1.29 is 0 Å². The fourth-order valence-electron chi connectivity index (χ4n) is 2.56. The van der Waals surface area contributed by atoms with Crippen molar-refractivity contribution in [2.24, 2.45) is 11.8 Å². The lowest BCUT2D eigenvalue weighted by molar-refractivity contribution is 0.345. The quantitative estimate of drug-likeness (QED) is 0.322. The van der Waals surface area contributed by atoms with Crippen LogP contribution in [0.3, 0.4) is 0 Å². The Labute approximate surface area is 119 Å². The van der Waals surface area contributed by atoms with Gasteiger partial charge < -0.3 is 10.7 Å². The van der Waals surface area contributed by atoms with Gasteiger partial charge in [-0.05, 0) is 18.6 Å². The molecule has 0 bridgehead atoms. The average Bonchev–Trinajstić information content (AvgIpc) is 2.48. The molecule has 0 aromatic carbocycles. The molecule has 4 N–H and O–H groups in total. The van der Waals surface area contributed by atoms with Crippen molar-refractivity contribution in [1.82, 2.24) is 9.97 Å². The van der Waals surface area contributed by atoms with Gasteiger partial charge in [0, 0.05) is 12.6 Å². The number of hydrogen-bond acceptors (Lipinski definition) is 6. The monoisotopic (exact) mass is 281 g/mol. The molecule has 0 saturated heterocycles. The van der Waals surface area contributed by atoms with Gasteiger partial charge in [-0.2, -0.15) is 0 Å². The molecular weight excluding hydrogens is 258 g/mol. The first kappa shape index (κ1) is 14.4. The number of hydrogen-bond donors (Lipinski definition) is 3. The molecule has 1 aliphatic carbocycles. The number of nitrogens with one attached hydrogen (secondary N) is 2. The van der Waals surface area contributed by atoms with E-state index in [1.54, 1.807) is 0 Å². The van der Waals surface area contributed by atoms with Crippen LogP contribution in [0.25, 0.3) is 0 Å². The number of anilines is 2. The van der Waals surface area contributed by atoms with Crippen LogP contribution in [-0.4, -0.2) is 22.8 Å². The van der Waals surface area contributed by atoms with Gasteiger partial charge >= 0.3 is 0 Å². The number of nitrogen functional groups attached to an aromatic ring is 1. The van der Waals surface area contributed by atoms with Gasteiger partial charge in [0.05, 0.1) is 0 Å². The third kappa shape index (κ3) is 4.54. The molecule has 106 valence electrons. The molecule has 1 fully saturated rings. The summed E-state index contributed by atoms with van der Waals surface area (Å²) in [6.45, 7) is 0.972. The van der Waals surface area contributed by atoms with Crippen LogP contribution in [0.4, 0.5) is 11.6 Å². The summed E-state index contributed by atoms with van der Waals surface area (Å²) in [5.74, 6) is 7.80. The first-order valence-electron chi connectivity index (χ1n) is 6.95. The van der Waals surface area contributed by atoms with Gasteiger partial charge in [0.1, 0.15) is 11.6 Å². The van der Waals surface area contributed by atoms with Crippen LogP contribution in [-0.2, 0) is 0 Å². The van der Waals surface area contributed by atoms with E-state index in [1.165, 1.54) is 50.3 Å².